The first kappa shape index (κ1) is 18.1. The highest BCUT2D eigenvalue weighted by atomic mass is 127. The highest BCUT2D eigenvalue weighted by molar-refractivity contribution is 14.1. The third-order valence-electron chi connectivity index (χ3n) is 4.12. The fraction of sp³-hybridized carbons (Fsp3) is 0.0476. The second-order valence-corrected chi connectivity index (χ2v) is 8.11. The molecule has 0 fully saturated rings. The number of para-hydroxylation sites is 1. The van der Waals surface area contributed by atoms with E-state index in [2.05, 4.69) is 27.6 Å². The van der Waals surface area contributed by atoms with Gasteiger partial charge in [-0.15, -0.1) is 0 Å². The van der Waals surface area contributed by atoms with Gasteiger partial charge >= 0.3 is 0 Å². The Labute approximate surface area is 173 Å². The summed E-state index contributed by atoms with van der Waals surface area (Å²) in [6.07, 6.45) is 0. The average molecular weight is 488 g/mol. The molecule has 1 aromatic heterocycles. The molecule has 4 aromatic rings. The maximum absolute atomic E-state index is 14.1. The first-order valence-corrected chi connectivity index (χ1v) is 10.2. The highest BCUT2D eigenvalue weighted by Crippen LogP contribution is 2.32. The number of nitrogens with zero attached hydrogens (tertiary/aromatic N) is 2. The zero-order valence-electron chi connectivity index (χ0n) is 14.1. The van der Waals surface area contributed by atoms with Crippen LogP contribution in [-0.4, -0.2) is 10.9 Å². The van der Waals surface area contributed by atoms with E-state index in [1.165, 1.54) is 17.4 Å². The van der Waals surface area contributed by atoms with Crippen LogP contribution in [0.3, 0.4) is 0 Å². The lowest BCUT2D eigenvalue weighted by Gasteiger charge is -2.20. The van der Waals surface area contributed by atoms with Crippen molar-refractivity contribution in [3.8, 4) is 0 Å². The van der Waals surface area contributed by atoms with Crippen molar-refractivity contribution in [2.24, 2.45) is 0 Å². The first-order valence-electron chi connectivity index (χ1n) is 8.29. The summed E-state index contributed by atoms with van der Waals surface area (Å²) in [6, 6.07) is 22.0. The Kier molecular flexibility index (Phi) is 5.18. The van der Waals surface area contributed by atoms with Crippen molar-refractivity contribution in [3.05, 3.63) is 93.3 Å². The van der Waals surface area contributed by atoms with Crippen LogP contribution in [0.5, 0.6) is 0 Å². The van der Waals surface area contributed by atoms with E-state index in [0.29, 0.717) is 22.8 Å². The third kappa shape index (κ3) is 3.72. The minimum Gasteiger partial charge on any atom is -0.279 e. The van der Waals surface area contributed by atoms with E-state index in [0.717, 1.165) is 13.8 Å². The average Bonchev–Trinajstić information content (AvgIpc) is 3.12. The molecule has 0 saturated heterocycles. The number of anilines is 1. The molecule has 0 atom stereocenters. The second-order valence-electron chi connectivity index (χ2n) is 5.94. The van der Waals surface area contributed by atoms with Crippen molar-refractivity contribution >= 4 is 55.2 Å². The van der Waals surface area contributed by atoms with E-state index in [1.807, 2.05) is 54.6 Å². The number of rotatable bonds is 4. The van der Waals surface area contributed by atoms with Crippen molar-refractivity contribution in [3.63, 3.8) is 0 Å². The van der Waals surface area contributed by atoms with E-state index in [-0.39, 0.29) is 11.7 Å². The van der Waals surface area contributed by atoms with Gasteiger partial charge < -0.3 is 0 Å². The van der Waals surface area contributed by atoms with Gasteiger partial charge in [0.2, 0.25) is 0 Å². The minimum atomic E-state index is -0.378. The molecule has 3 nitrogen and oxygen atoms in total. The van der Waals surface area contributed by atoms with E-state index in [9.17, 15) is 9.18 Å². The lowest BCUT2D eigenvalue weighted by Crippen LogP contribution is -2.30. The molecule has 1 amide bonds. The molecule has 0 aliphatic carbocycles. The molecule has 4 rings (SSSR count). The Morgan fingerprint density at radius 3 is 2.48 bits per heavy atom. The summed E-state index contributed by atoms with van der Waals surface area (Å²) >= 11 is 3.47. The lowest BCUT2D eigenvalue weighted by atomic mass is 10.1. The Bertz CT molecular complexity index is 1110. The fourth-order valence-corrected chi connectivity index (χ4v) is 4.39. The number of hydrogen-bond acceptors (Lipinski definition) is 3. The smallest absolute Gasteiger partial charge is 0.261 e. The molecular formula is C21H14FIN2OS. The third-order valence-corrected chi connectivity index (χ3v) is 6.11. The molecule has 0 saturated carbocycles. The number of carbonyl (C=O) groups is 1. The Hall–Kier alpha value is -2.32. The zero-order valence-corrected chi connectivity index (χ0v) is 17.1. The van der Waals surface area contributed by atoms with Crippen LogP contribution in [-0.2, 0) is 6.54 Å². The summed E-state index contributed by atoms with van der Waals surface area (Å²) in [6.45, 7) is 0.367. The van der Waals surface area contributed by atoms with E-state index in [1.54, 1.807) is 17.0 Å². The van der Waals surface area contributed by atoms with Gasteiger partial charge in [-0.05, 0) is 52.4 Å². The van der Waals surface area contributed by atoms with Crippen molar-refractivity contribution in [2.45, 2.75) is 6.54 Å². The van der Waals surface area contributed by atoms with Crippen LogP contribution in [0, 0.1) is 9.39 Å². The van der Waals surface area contributed by atoms with E-state index < -0.39 is 0 Å². The monoisotopic (exact) mass is 488 g/mol. The number of halogens is 2. The van der Waals surface area contributed by atoms with Crippen LogP contribution >= 0.6 is 33.9 Å². The number of thiazole rings is 1. The molecule has 0 bridgehead atoms. The van der Waals surface area contributed by atoms with Gasteiger partial charge in [0, 0.05) is 3.57 Å². The summed E-state index contributed by atoms with van der Waals surface area (Å²) in [4.78, 5) is 19.4. The molecule has 1 heterocycles. The normalized spacial score (nSPS) is 10.9. The van der Waals surface area contributed by atoms with Crippen LogP contribution in [0.25, 0.3) is 10.2 Å². The number of carbonyl (C=O) groups excluding carboxylic acids is 1. The molecule has 0 N–H and O–H groups in total. The number of benzene rings is 3. The summed E-state index contributed by atoms with van der Waals surface area (Å²) in [5.74, 6) is -0.528. The largest absolute Gasteiger partial charge is 0.279 e. The molecule has 134 valence electrons. The van der Waals surface area contributed by atoms with Gasteiger partial charge in [-0.3, -0.25) is 9.69 Å². The lowest BCUT2D eigenvalue weighted by molar-refractivity contribution is 0.0984. The molecule has 0 radical (unpaired) electrons. The maximum atomic E-state index is 14.1. The highest BCUT2D eigenvalue weighted by Gasteiger charge is 2.23. The maximum Gasteiger partial charge on any atom is 0.261 e. The van der Waals surface area contributed by atoms with Gasteiger partial charge in [0.1, 0.15) is 11.3 Å². The molecule has 0 spiro atoms. The van der Waals surface area contributed by atoms with Crippen LogP contribution in [0.1, 0.15) is 15.9 Å². The van der Waals surface area contributed by atoms with Crippen molar-refractivity contribution in [1.82, 2.24) is 4.98 Å². The van der Waals surface area contributed by atoms with Gasteiger partial charge in [0.05, 0.1) is 16.8 Å². The summed E-state index contributed by atoms with van der Waals surface area (Å²) in [5.41, 5.74) is 1.89. The second kappa shape index (κ2) is 7.74. The predicted octanol–water partition coefficient (Wildman–Crippen LogP) is 5.89. The minimum absolute atomic E-state index is 0.150. The fourth-order valence-electron chi connectivity index (χ4n) is 2.79. The Morgan fingerprint density at radius 2 is 1.74 bits per heavy atom. The van der Waals surface area contributed by atoms with E-state index in [4.69, 9.17) is 0 Å². The molecule has 0 aliphatic rings. The zero-order chi connectivity index (χ0) is 18.8. The predicted molar refractivity (Wildman–Crippen MR) is 116 cm³/mol. The first-order chi connectivity index (χ1) is 13.1. The number of fused-ring (bicyclic) bond motifs is 1. The SMILES string of the molecule is O=C(c1ccccc1I)N(Cc1ccccc1)c1nc2c(F)cccc2s1. The standard InChI is InChI=1S/C21H14FIN2OS/c22-16-10-6-12-18-19(16)24-21(27-18)25(13-14-7-2-1-3-8-14)20(26)15-9-4-5-11-17(15)23/h1-12H,13H2. The van der Waals surface area contributed by atoms with Crippen LogP contribution in [0.15, 0.2) is 72.8 Å². The van der Waals surface area contributed by atoms with Crippen LogP contribution in [0.4, 0.5) is 9.52 Å². The summed E-state index contributed by atoms with van der Waals surface area (Å²) < 4.78 is 15.7. The quantitative estimate of drug-likeness (QED) is 0.336. The van der Waals surface area contributed by atoms with Gasteiger partial charge in [0.25, 0.3) is 5.91 Å². The molecule has 6 heteroatoms. The van der Waals surface area contributed by atoms with E-state index >= 15 is 0 Å². The Morgan fingerprint density at radius 1 is 1.00 bits per heavy atom. The van der Waals surface area contributed by atoms with Crippen LogP contribution < -0.4 is 4.90 Å². The van der Waals surface area contributed by atoms with Crippen molar-refractivity contribution in [2.75, 3.05) is 4.90 Å². The molecule has 0 unspecified atom stereocenters. The molecule has 27 heavy (non-hydrogen) atoms. The summed E-state index contributed by atoms with van der Waals surface area (Å²) in [5, 5.41) is 0.489. The van der Waals surface area contributed by atoms with Gasteiger partial charge in [-0.25, -0.2) is 9.37 Å². The van der Waals surface area contributed by atoms with Crippen LogP contribution in [0.2, 0.25) is 0 Å². The molecule has 3 aromatic carbocycles. The van der Waals surface area contributed by atoms with Gasteiger partial charge in [-0.2, -0.15) is 0 Å². The van der Waals surface area contributed by atoms with Gasteiger partial charge in [-0.1, -0.05) is 59.9 Å². The topological polar surface area (TPSA) is 33.2 Å². The number of aromatic nitrogens is 1. The van der Waals surface area contributed by atoms with Gasteiger partial charge in [0.15, 0.2) is 5.13 Å². The summed E-state index contributed by atoms with van der Waals surface area (Å²) in [7, 11) is 0. The Balaban J connectivity index is 1.81. The number of amides is 1. The molecular weight excluding hydrogens is 474 g/mol. The van der Waals surface area contributed by atoms with Crippen molar-refractivity contribution in [1.29, 1.82) is 0 Å². The van der Waals surface area contributed by atoms with Crippen molar-refractivity contribution < 1.29 is 9.18 Å². The molecule has 0 aliphatic heterocycles. The number of hydrogen-bond donors (Lipinski definition) is 0.